The Morgan fingerprint density at radius 2 is 2.47 bits per heavy atom. The molecule has 1 unspecified atom stereocenters. The number of carbonyl (C=O) groups excluding carboxylic acids is 1. The molecule has 1 aromatic heterocycles. The van der Waals surface area contributed by atoms with Crippen molar-refractivity contribution in [2.75, 3.05) is 37.0 Å². The monoisotopic (exact) mass is 236 g/mol. The first-order chi connectivity index (χ1) is 8.22. The molecule has 0 bridgehead atoms. The molecule has 0 aliphatic carbocycles. The van der Waals surface area contributed by atoms with Crippen LogP contribution in [0.2, 0.25) is 0 Å². The Kier molecular flexibility index (Phi) is 3.43. The van der Waals surface area contributed by atoms with Gasteiger partial charge < -0.3 is 20.7 Å². The number of hydrogen-bond donors (Lipinski definition) is 2. The van der Waals surface area contributed by atoms with E-state index in [4.69, 9.17) is 10.5 Å². The van der Waals surface area contributed by atoms with E-state index in [1.54, 1.807) is 12.4 Å². The minimum absolute atomic E-state index is 0.332. The molecule has 2 rings (SSSR count). The first-order valence-electron chi connectivity index (χ1n) is 5.49. The molecule has 92 valence electrons. The highest BCUT2D eigenvalue weighted by atomic mass is 16.5. The average molecular weight is 236 g/mol. The third kappa shape index (κ3) is 2.47. The molecule has 1 aliphatic heterocycles. The smallest absolute Gasteiger partial charge is 0.242 e. The number of anilines is 2. The lowest BCUT2D eigenvalue weighted by atomic mass is 10.2. The number of morpholine rings is 1. The molecule has 1 aromatic rings. The molecule has 1 saturated heterocycles. The molecule has 1 atom stereocenters. The number of amides is 1. The topological polar surface area (TPSA) is 80.5 Å². The van der Waals surface area contributed by atoms with Gasteiger partial charge in [0.2, 0.25) is 5.91 Å². The van der Waals surface area contributed by atoms with Gasteiger partial charge in [0.15, 0.2) is 0 Å². The van der Waals surface area contributed by atoms with Crippen LogP contribution in [-0.4, -0.2) is 43.7 Å². The van der Waals surface area contributed by atoms with Gasteiger partial charge in [-0.25, -0.2) is 0 Å². The minimum Gasteiger partial charge on any atom is -0.387 e. The quantitative estimate of drug-likeness (QED) is 0.760. The lowest BCUT2D eigenvalue weighted by molar-refractivity contribution is -0.121. The van der Waals surface area contributed by atoms with Crippen LogP contribution in [0.15, 0.2) is 18.5 Å². The molecule has 0 spiro atoms. The highest BCUT2D eigenvalue weighted by Gasteiger charge is 2.28. The van der Waals surface area contributed by atoms with Crippen molar-refractivity contribution in [3.8, 4) is 0 Å². The number of rotatable bonds is 3. The summed E-state index contributed by atoms with van der Waals surface area (Å²) in [6.45, 7) is 1.56. The predicted octanol–water partition coefficient (Wildman–Crippen LogP) is -0.186. The molecule has 2 heterocycles. The van der Waals surface area contributed by atoms with Crippen LogP contribution < -0.4 is 16.0 Å². The zero-order valence-electron chi connectivity index (χ0n) is 9.72. The molecule has 1 amide bonds. The van der Waals surface area contributed by atoms with Crippen molar-refractivity contribution >= 4 is 17.3 Å². The van der Waals surface area contributed by atoms with Crippen molar-refractivity contribution in [2.24, 2.45) is 5.73 Å². The van der Waals surface area contributed by atoms with Gasteiger partial charge in [-0.1, -0.05) is 0 Å². The van der Waals surface area contributed by atoms with Gasteiger partial charge in [0, 0.05) is 13.6 Å². The number of carbonyl (C=O) groups is 1. The second kappa shape index (κ2) is 5.01. The molecule has 17 heavy (non-hydrogen) atoms. The fourth-order valence-electron chi connectivity index (χ4n) is 1.87. The van der Waals surface area contributed by atoms with Crippen molar-refractivity contribution < 1.29 is 9.53 Å². The standard InChI is InChI=1S/C11H16N4O2/c1-13-8-4-9(6-14-5-8)15-2-3-17-7-10(15)11(12)16/h4-6,10,13H,2-3,7H2,1H3,(H2,12,16). The van der Waals surface area contributed by atoms with E-state index in [9.17, 15) is 4.79 Å². The first-order valence-corrected chi connectivity index (χ1v) is 5.49. The number of hydrogen-bond acceptors (Lipinski definition) is 5. The fraction of sp³-hybridized carbons (Fsp3) is 0.455. The van der Waals surface area contributed by atoms with E-state index in [1.165, 1.54) is 0 Å². The van der Waals surface area contributed by atoms with Gasteiger partial charge in [-0.05, 0) is 6.07 Å². The second-order valence-electron chi connectivity index (χ2n) is 3.87. The van der Waals surface area contributed by atoms with Gasteiger partial charge in [-0.2, -0.15) is 0 Å². The van der Waals surface area contributed by atoms with E-state index < -0.39 is 6.04 Å². The lowest BCUT2D eigenvalue weighted by Crippen LogP contribution is -2.52. The molecule has 0 saturated carbocycles. The summed E-state index contributed by atoms with van der Waals surface area (Å²) in [5.74, 6) is -0.375. The van der Waals surface area contributed by atoms with E-state index >= 15 is 0 Å². The number of aromatic nitrogens is 1. The summed E-state index contributed by atoms with van der Waals surface area (Å²) in [4.78, 5) is 17.4. The minimum atomic E-state index is -0.419. The number of primary amides is 1. The Morgan fingerprint density at radius 1 is 1.65 bits per heavy atom. The summed E-state index contributed by atoms with van der Waals surface area (Å²) in [6, 6.07) is 1.52. The number of ether oxygens (including phenoxy) is 1. The van der Waals surface area contributed by atoms with Gasteiger partial charge in [-0.3, -0.25) is 9.78 Å². The predicted molar refractivity (Wildman–Crippen MR) is 64.9 cm³/mol. The highest BCUT2D eigenvalue weighted by Crippen LogP contribution is 2.21. The van der Waals surface area contributed by atoms with Crippen LogP contribution in [0.25, 0.3) is 0 Å². The maximum absolute atomic E-state index is 11.4. The van der Waals surface area contributed by atoms with E-state index in [2.05, 4.69) is 10.3 Å². The van der Waals surface area contributed by atoms with Crippen molar-refractivity contribution in [1.82, 2.24) is 4.98 Å². The first kappa shape index (κ1) is 11.7. The highest BCUT2D eigenvalue weighted by molar-refractivity contribution is 5.84. The Labute approximate surface area is 99.8 Å². The molecule has 6 nitrogen and oxygen atoms in total. The third-order valence-electron chi connectivity index (χ3n) is 2.80. The molecule has 1 fully saturated rings. The number of nitrogens with zero attached hydrogens (tertiary/aromatic N) is 2. The van der Waals surface area contributed by atoms with Crippen LogP contribution in [0.3, 0.4) is 0 Å². The van der Waals surface area contributed by atoms with Gasteiger partial charge in [0.05, 0.1) is 37.0 Å². The number of nitrogens with one attached hydrogen (secondary N) is 1. The fourth-order valence-corrected chi connectivity index (χ4v) is 1.87. The van der Waals surface area contributed by atoms with E-state index in [1.807, 2.05) is 18.0 Å². The normalized spacial score (nSPS) is 20.1. The average Bonchev–Trinajstić information content (AvgIpc) is 2.39. The molecule has 3 N–H and O–H groups in total. The SMILES string of the molecule is CNc1cncc(N2CCOCC2C(N)=O)c1. The van der Waals surface area contributed by atoms with E-state index in [0.29, 0.717) is 19.8 Å². The van der Waals surface area contributed by atoms with Crippen molar-refractivity contribution in [1.29, 1.82) is 0 Å². The zero-order chi connectivity index (χ0) is 12.3. The summed E-state index contributed by atoms with van der Waals surface area (Å²) in [6.07, 6.45) is 3.45. The summed E-state index contributed by atoms with van der Waals surface area (Å²) in [5, 5.41) is 3.01. The molecular formula is C11H16N4O2. The van der Waals surface area contributed by atoms with Crippen LogP contribution in [0, 0.1) is 0 Å². The van der Waals surface area contributed by atoms with Crippen LogP contribution in [0.4, 0.5) is 11.4 Å². The van der Waals surface area contributed by atoms with E-state index in [-0.39, 0.29) is 5.91 Å². The Balaban J connectivity index is 2.26. The summed E-state index contributed by atoms with van der Waals surface area (Å²) < 4.78 is 5.27. The number of pyridine rings is 1. The Bertz CT molecular complexity index is 410. The van der Waals surface area contributed by atoms with Crippen molar-refractivity contribution in [3.05, 3.63) is 18.5 Å². The molecule has 0 radical (unpaired) electrons. The number of nitrogens with two attached hydrogens (primary N) is 1. The van der Waals surface area contributed by atoms with Gasteiger partial charge in [-0.15, -0.1) is 0 Å². The Hall–Kier alpha value is -1.82. The molecule has 1 aliphatic rings. The van der Waals surface area contributed by atoms with Gasteiger partial charge >= 0.3 is 0 Å². The van der Waals surface area contributed by atoms with Crippen molar-refractivity contribution in [3.63, 3.8) is 0 Å². The largest absolute Gasteiger partial charge is 0.387 e. The van der Waals surface area contributed by atoms with Crippen LogP contribution in [0.5, 0.6) is 0 Å². The summed E-state index contributed by atoms with van der Waals surface area (Å²) >= 11 is 0. The van der Waals surface area contributed by atoms with Crippen LogP contribution in [0.1, 0.15) is 0 Å². The Morgan fingerprint density at radius 3 is 3.18 bits per heavy atom. The molecule has 0 aromatic carbocycles. The second-order valence-corrected chi connectivity index (χ2v) is 3.87. The summed E-state index contributed by atoms with van der Waals surface area (Å²) in [7, 11) is 1.83. The maximum atomic E-state index is 11.4. The zero-order valence-corrected chi connectivity index (χ0v) is 9.72. The van der Waals surface area contributed by atoms with Crippen LogP contribution in [-0.2, 0) is 9.53 Å². The van der Waals surface area contributed by atoms with Crippen molar-refractivity contribution in [2.45, 2.75) is 6.04 Å². The van der Waals surface area contributed by atoms with E-state index in [0.717, 1.165) is 11.4 Å². The maximum Gasteiger partial charge on any atom is 0.242 e. The molecule has 6 heteroatoms. The van der Waals surface area contributed by atoms with Gasteiger partial charge in [0.25, 0.3) is 0 Å². The molecular weight excluding hydrogens is 220 g/mol. The van der Waals surface area contributed by atoms with Gasteiger partial charge in [0.1, 0.15) is 6.04 Å². The third-order valence-corrected chi connectivity index (χ3v) is 2.80. The van der Waals surface area contributed by atoms with Crippen LogP contribution >= 0.6 is 0 Å². The summed E-state index contributed by atoms with van der Waals surface area (Å²) in [5.41, 5.74) is 7.15. The lowest BCUT2D eigenvalue weighted by Gasteiger charge is -2.35.